The maximum Gasteiger partial charge on any atom is 0.0483 e. The van der Waals surface area contributed by atoms with Gasteiger partial charge in [0.1, 0.15) is 0 Å². The van der Waals surface area contributed by atoms with Crippen molar-refractivity contribution in [1.29, 1.82) is 0 Å². The van der Waals surface area contributed by atoms with Crippen LogP contribution in [0.15, 0.2) is 60.8 Å². The Kier molecular flexibility index (Phi) is 3.84. The van der Waals surface area contributed by atoms with Crippen LogP contribution in [0.5, 0.6) is 0 Å². The lowest BCUT2D eigenvalue weighted by atomic mass is 10.1. The van der Waals surface area contributed by atoms with E-state index in [9.17, 15) is 0 Å². The zero-order valence-corrected chi connectivity index (χ0v) is 11.8. The summed E-state index contributed by atoms with van der Waals surface area (Å²) in [5.41, 5.74) is 4.09. The first-order chi connectivity index (χ1) is 9.88. The van der Waals surface area contributed by atoms with Gasteiger partial charge in [0, 0.05) is 30.2 Å². The van der Waals surface area contributed by atoms with E-state index < -0.39 is 0 Å². The molecule has 1 aromatic heterocycles. The second-order valence-electron chi connectivity index (χ2n) is 5.13. The molecule has 0 spiro atoms. The first-order valence-electron chi connectivity index (χ1n) is 7.14. The molecule has 0 bridgehead atoms. The van der Waals surface area contributed by atoms with E-state index in [-0.39, 0.29) is 0 Å². The predicted molar refractivity (Wildman–Crippen MR) is 84.8 cm³/mol. The topological polar surface area (TPSA) is 17.0 Å². The number of fused-ring (bicyclic) bond motifs is 1. The van der Waals surface area contributed by atoms with E-state index in [1.807, 2.05) is 7.05 Å². The van der Waals surface area contributed by atoms with E-state index in [0.717, 1.165) is 19.5 Å². The summed E-state index contributed by atoms with van der Waals surface area (Å²) in [5, 5.41) is 4.61. The van der Waals surface area contributed by atoms with Crippen molar-refractivity contribution in [1.82, 2.24) is 9.88 Å². The Morgan fingerprint density at radius 3 is 2.50 bits per heavy atom. The molecule has 0 amide bonds. The van der Waals surface area contributed by atoms with Gasteiger partial charge in [0.15, 0.2) is 0 Å². The van der Waals surface area contributed by atoms with Gasteiger partial charge in [-0.05, 0) is 30.7 Å². The number of rotatable bonds is 5. The number of benzene rings is 2. The second-order valence-corrected chi connectivity index (χ2v) is 5.13. The predicted octanol–water partition coefficient (Wildman–Crippen LogP) is 3.60. The summed E-state index contributed by atoms with van der Waals surface area (Å²) in [6.07, 6.45) is 3.35. The molecule has 0 aliphatic rings. The van der Waals surface area contributed by atoms with E-state index in [1.54, 1.807) is 0 Å². The maximum absolute atomic E-state index is 3.25. The van der Waals surface area contributed by atoms with Crippen LogP contribution in [0.25, 0.3) is 10.9 Å². The largest absolute Gasteiger partial charge is 0.347 e. The fraction of sp³-hybridized carbons (Fsp3) is 0.222. The number of hydrogen-bond acceptors (Lipinski definition) is 1. The molecule has 3 rings (SSSR count). The van der Waals surface area contributed by atoms with Crippen molar-refractivity contribution >= 4 is 10.9 Å². The van der Waals surface area contributed by atoms with E-state index in [0.29, 0.717) is 0 Å². The van der Waals surface area contributed by atoms with Crippen LogP contribution < -0.4 is 5.32 Å². The molecule has 2 nitrogen and oxygen atoms in total. The molecule has 0 aliphatic carbocycles. The minimum absolute atomic E-state index is 0.916. The molecular weight excluding hydrogens is 244 g/mol. The van der Waals surface area contributed by atoms with Gasteiger partial charge in [0.2, 0.25) is 0 Å². The summed E-state index contributed by atoms with van der Waals surface area (Å²) in [7, 11) is 2.00. The first kappa shape index (κ1) is 12.9. The Morgan fingerprint density at radius 1 is 0.950 bits per heavy atom. The summed E-state index contributed by atoms with van der Waals surface area (Å²) >= 11 is 0. The van der Waals surface area contributed by atoms with Crippen LogP contribution in [0.4, 0.5) is 0 Å². The Bertz CT molecular complexity index is 683. The molecule has 1 heterocycles. The van der Waals surface area contributed by atoms with Crippen molar-refractivity contribution in [3.8, 4) is 0 Å². The molecule has 0 radical (unpaired) electrons. The molecular formula is C18H20N2. The summed E-state index contributed by atoms with van der Waals surface area (Å²) in [5.74, 6) is 0. The quantitative estimate of drug-likeness (QED) is 0.745. The van der Waals surface area contributed by atoms with Crippen LogP contribution in [-0.2, 0) is 19.5 Å². The Labute approximate surface area is 120 Å². The molecule has 0 aliphatic heterocycles. The van der Waals surface area contributed by atoms with Crippen LogP contribution in [0.2, 0.25) is 0 Å². The van der Waals surface area contributed by atoms with Crippen molar-refractivity contribution in [3.63, 3.8) is 0 Å². The molecule has 3 aromatic rings. The minimum Gasteiger partial charge on any atom is -0.347 e. The van der Waals surface area contributed by atoms with Gasteiger partial charge >= 0.3 is 0 Å². The van der Waals surface area contributed by atoms with Crippen molar-refractivity contribution in [2.75, 3.05) is 7.05 Å². The van der Waals surface area contributed by atoms with E-state index in [2.05, 4.69) is 70.7 Å². The van der Waals surface area contributed by atoms with Crippen LogP contribution >= 0.6 is 0 Å². The highest BCUT2D eigenvalue weighted by Gasteiger charge is 2.07. The highest BCUT2D eigenvalue weighted by Crippen LogP contribution is 2.21. The fourth-order valence-electron chi connectivity index (χ4n) is 2.73. The summed E-state index contributed by atoms with van der Waals surface area (Å²) in [6, 6.07) is 19.3. The standard InChI is InChI=1S/C18H20N2/c1-19-13-16-14-20(18-10-6-5-9-17(16)18)12-11-15-7-3-2-4-8-15/h2-10,14,19H,11-13H2,1H3. The third-order valence-electron chi connectivity index (χ3n) is 3.72. The normalized spacial score (nSPS) is 11.1. The molecule has 2 aromatic carbocycles. The molecule has 2 heteroatoms. The van der Waals surface area contributed by atoms with Gasteiger partial charge in [-0.15, -0.1) is 0 Å². The number of nitrogens with one attached hydrogen (secondary N) is 1. The summed E-state index contributed by atoms with van der Waals surface area (Å²) in [4.78, 5) is 0. The van der Waals surface area contributed by atoms with E-state index in [4.69, 9.17) is 0 Å². The van der Waals surface area contributed by atoms with Crippen molar-refractivity contribution in [2.45, 2.75) is 19.5 Å². The smallest absolute Gasteiger partial charge is 0.0483 e. The average molecular weight is 264 g/mol. The van der Waals surface area contributed by atoms with Gasteiger partial charge in [-0.1, -0.05) is 48.5 Å². The maximum atomic E-state index is 3.25. The third kappa shape index (κ3) is 2.61. The summed E-state index contributed by atoms with van der Waals surface area (Å²) in [6.45, 7) is 1.94. The monoisotopic (exact) mass is 264 g/mol. The van der Waals surface area contributed by atoms with Gasteiger partial charge in [-0.2, -0.15) is 0 Å². The van der Waals surface area contributed by atoms with Crippen molar-refractivity contribution in [2.24, 2.45) is 0 Å². The lowest BCUT2D eigenvalue weighted by Gasteiger charge is -2.05. The zero-order chi connectivity index (χ0) is 13.8. The highest BCUT2D eigenvalue weighted by atomic mass is 15.0. The van der Waals surface area contributed by atoms with Gasteiger partial charge < -0.3 is 9.88 Å². The minimum atomic E-state index is 0.916. The van der Waals surface area contributed by atoms with Gasteiger partial charge in [-0.25, -0.2) is 0 Å². The lowest BCUT2D eigenvalue weighted by Crippen LogP contribution is -2.04. The number of hydrogen-bond donors (Lipinski definition) is 1. The van der Waals surface area contributed by atoms with Gasteiger partial charge in [0.25, 0.3) is 0 Å². The van der Waals surface area contributed by atoms with E-state index >= 15 is 0 Å². The van der Waals surface area contributed by atoms with Crippen molar-refractivity contribution in [3.05, 3.63) is 71.9 Å². The third-order valence-corrected chi connectivity index (χ3v) is 3.72. The van der Waals surface area contributed by atoms with Gasteiger partial charge in [0.05, 0.1) is 0 Å². The molecule has 0 fully saturated rings. The number of aryl methyl sites for hydroxylation is 2. The molecule has 0 atom stereocenters. The SMILES string of the molecule is CNCc1cn(CCc2ccccc2)c2ccccc12. The second kappa shape index (κ2) is 5.93. The Balaban J connectivity index is 1.87. The average Bonchev–Trinajstić information content (AvgIpc) is 2.85. The number of nitrogens with zero attached hydrogens (tertiary/aromatic N) is 1. The molecule has 0 saturated heterocycles. The van der Waals surface area contributed by atoms with Crippen LogP contribution in [0.1, 0.15) is 11.1 Å². The lowest BCUT2D eigenvalue weighted by molar-refractivity contribution is 0.715. The highest BCUT2D eigenvalue weighted by molar-refractivity contribution is 5.83. The molecule has 20 heavy (non-hydrogen) atoms. The van der Waals surface area contributed by atoms with Gasteiger partial charge in [-0.3, -0.25) is 0 Å². The molecule has 102 valence electrons. The molecule has 0 unspecified atom stereocenters. The first-order valence-corrected chi connectivity index (χ1v) is 7.14. The number of para-hydroxylation sites is 1. The van der Waals surface area contributed by atoms with Crippen LogP contribution in [0.3, 0.4) is 0 Å². The molecule has 0 saturated carbocycles. The van der Waals surface area contributed by atoms with E-state index in [1.165, 1.54) is 22.0 Å². The van der Waals surface area contributed by atoms with Crippen molar-refractivity contribution < 1.29 is 0 Å². The Morgan fingerprint density at radius 2 is 1.70 bits per heavy atom. The zero-order valence-electron chi connectivity index (χ0n) is 11.8. The fourth-order valence-corrected chi connectivity index (χ4v) is 2.73. The Hall–Kier alpha value is -2.06. The molecule has 1 N–H and O–H groups in total. The van der Waals surface area contributed by atoms with Crippen LogP contribution in [0, 0.1) is 0 Å². The van der Waals surface area contributed by atoms with Crippen LogP contribution in [-0.4, -0.2) is 11.6 Å². The summed E-state index contributed by atoms with van der Waals surface area (Å²) < 4.78 is 2.37. The number of aromatic nitrogens is 1.